The first kappa shape index (κ1) is 33.5. The molecule has 1 aliphatic carbocycles. The standard InChI is InChI=1S/C40H44N4O3S2/c45-48(35-18-6-2-7-19-35)43-30-32(37-22-10-12-24-39(37)43)28-42(27-15-14-26-41-34-16-4-1-5-17-34)29-33-31-44(40-25-13-11-23-38(33)40)49(46,47)36-20-8-3-9-21-36/h2-3,6-13,18-25,30-31,34,41H,1,4-5,14-17,26-29H2. The zero-order valence-electron chi connectivity index (χ0n) is 27.8. The Bertz CT molecular complexity index is 2140. The summed E-state index contributed by atoms with van der Waals surface area (Å²) >= 11 is 0. The molecule has 7 rings (SSSR count). The molecule has 2 heterocycles. The first-order chi connectivity index (χ1) is 24.0. The maximum Gasteiger partial charge on any atom is 0.268 e. The molecule has 0 aliphatic heterocycles. The number of rotatable bonds is 14. The molecular formula is C40H44N4O3S2. The number of hydrogen-bond acceptors (Lipinski definition) is 5. The van der Waals surface area contributed by atoms with Gasteiger partial charge in [-0.3, -0.25) is 8.87 Å². The molecule has 49 heavy (non-hydrogen) atoms. The summed E-state index contributed by atoms with van der Waals surface area (Å²) in [5.41, 5.74) is 3.67. The van der Waals surface area contributed by atoms with Crippen molar-refractivity contribution in [3.63, 3.8) is 0 Å². The van der Waals surface area contributed by atoms with Crippen LogP contribution in [-0.2, 0) is 34.1 Å². The van der Waals surface area contributed by atoms with Crippen molar-refractivity contribution in [2.75, 3.05) is 13.1 Å². The summed E-state index contributed by atoms with van der Waals surface area (Å²) in [5, 5.41) is 5.79. The van der Waals surface area contributed by atoms with Gasteiger partial charge in [0.25, 0.3) is 10.0 Å². The van der Waals surface area contributed by atoms with Crippen molar-refractivity contribution in [1.29, 1.82) is 0 Å². The summed E-state index contributed by atoms with van der Waals surface area (Å²) in [4.78, 5) is 3.44. The van der Waals surface area contributed by atoms with Gasteiger partial charge in [-0.1, -0.05) is 92.1 Å². The fourth-order valence-electron chi connectivity index (χ4n) is 7.15. The maximum atomic E-state index is 13.9. The Balaban J connectivity index is 1.19. The highest BCUT2D eigenvalue weighted by atomic mass is 32.2. The lowest BCUT2D eigenvalue weighted by Crippen LogP contribution is -2.32. The van der Waals surface area contributed by atoms with Crippen molar-refractivity contribution in [2.45, 2.75) is 73.9 Å². The normalized spacial score (nSPS) is 15.0. The largest absolute Gasteiger partial charge is 0.314 e. The van der Waals surface area contributed by atoms with E-state index in [0.717, 1.165) is 58.2 Å². The smallest absolute Gasteiger partial charge is 0.268 e. The van der Waals surface area contributed by atoms with Crippen LogP contribution in [0.2, 0.25) is 0 Å². The minimum Gasteiger partial charge on any atom is -0.314 e. The van der Waals surface area contributed by atoms with Gasteiger partial charge in [-0.2, -0.15) is 0 Å². The SMILES string of the molecule is O=S(c1ccccc1)n1cc(CN(CCCCNC2CCCCC2)Cc2cn(S(=O)(=O)c3ccccc3)c3ccccc23)c2ccccc21. The number of aromatic nitrogens is 2. The maximum absolute atomic E-state index is 13.9. The lowest BCUT2D eigenvalue weighted by molar-refractivity contribution is 0.251. The van der Waals surface area contributed by atoms with Crippen molar-refractivity contribution < 1.29 is 12.6 Å². The fraction of sp³-hybridized carbons (Fsp3) is 0.300. The Hall–Kier alpha value is -4.02. The molecule has 7 nitrogen and oxygen atoms in total. The molecule has 2 aromatic heterocycles. The van der Waals surface area contributed by atoms with E-state index in [1.807, 2.05) is 89.0 Å². The first-order valence-electron chi connectivity index (χ1n) is 17.4. The van der Waals surface area contributed by atoms with Crippen LogP contribution in [0, 0.1) is 0 Å². The van der Waals surface area contributed by atoms with Gasteiger partial charge in [0.2, 0.25) is 0 Å². The van der Waals surface area contributed by atoms with Gasteiger partial charge in [-0.05, 0) is 86.3 Å². The van der Waals surface area contributed by atoms with Crippen molar-refractivity contribution >= 4 is 42.8 Å². The minimum atomic E-state index is -3.78. The van der Waals surface area contributed by atoms with Crippen molar-refractivity contribution in [2.24, 2.45) is 0 Å². The number of hydrogen-bond donors (Lipinski definition) is 1. The van der Waals surface area contributed by atoms with Crippen molar-refractivity contribution in [1.82, 2.24) is 18.2 Å². The van der Waals surface area contributed by atoms with Crippen LogP contribution in [0.25, 0.3) is 21.8 Å². The Labute approximate surface area is 292 Å². The third-order valence-electron chi connectivity index (χ3n) is 9.67. The molecule has 254 valence electrons. The Morgan fingerprint density at radius 3 is 2.00 bits per heavy atom. The fourth-order valence-corrected chi connectivity index (χ4v) is 9.74. The van der Waals surface area contributed by atoms with Crippen LogP contribution in [0.15, 0.2) is 131 Å². The first-order valence-corrected chi connectivity index (χ1v) is 20.0. The van der Waals surface area contributed by atoms with Gasteiger partial charge in [0.05, 0.1) is 20.8 Å². The van der Waals surface area contributed by atoms with Crippen LogP contribution < -0.4 is 5.32 Å². The lowest BCUT2D eigenvalue weighted by atomic mass is 9.95. The molecule has 4 aromatic carbocycles. The predicted octanol–water partition coefficient (Wildman–Crippen LogP) is 8.11. The molecule has 0 radical (unpaired) electrons. The van der Waals surface area contributed by atoms with Crippen molar-refractivity contribution in [3.05, 3.63) is 133 Å². The van der Waals surface area contributed by atoms with Crippen LogP contribution in [-0.4, -0.2) is 44.6 Å². The van der Waals surface area contributed by atoms with E-state index < -0.39 is 21.0 Å². The zero-order valence-corrected chi connectivity index (χ0v) is 29.4. The lowest BCUT2D eigenvalue weighted by Gasteiger charge is -2.24. The van der Waals surface area contributed by atoms with Gasteiger partial charge in [-0.15, -0.1) is 0 Å². The van der Waals surface area contributed by atoms with E-state index in [4.69, 9.17) is 0 Å². The third-order valence-corrected chi connectivity index (χ3v) is 12.7. The summed E-state index contributed by atoms with van der Waals surface area (Å²) in [6, 6.07) is 34.8. The van der Waals surface area contributed by atoms with Crippen molar-refractivity contribution in [3.8, 4) is 0 Å². The average molecular weight is 693 g/mol. The molecule has 0 spiro atoms. The highest BCUT2D eigenvalue weighted by molar-refractivity contribution is 7.90. The van der Waals surface area contributed by atoms with Gasteiger partial charge in [0, 0.05) is 42.3 Å². The molecule has 9 heteroatoms. The van der Waals surface area contributed by atoms with E-state index in [0.29, 0.717) is 24.6 Å². The van der Waals surface area contributed by atoms with Gasteiger partial charge >= 0.3 is 0 Å². The highest BCUT2D eigenvalue weighted by Gasteiger charge is 2.23. The minimum absolute atomic E-state index is 0.267. The molecular weight excluding hydrogens is 649 g/mol. The van der Waals surface area contributed by atoms with Gasteiger partial charge in [-0.25, -0.2) is 16.6 Å². The molecule has 1 aliphatic rings. The number of nitrogens with zero attached hydrogens (tertiary/aromatic N) is 3. The third kappa shape index (κ3) is 7.45. The second-order valence-corrected chi connectivity index (χ2v) is 16.2. The molecule has 1 fully saturated rings. The highest BCUT2D eigenvalue weighted by Crippen LogP contribution is 2.30. The second-order valence-electron chi connectivity index (χ2n) is 13.1. The molecule has 1 unspecified atom stereocenters. The number of para-hydroxylation sites is 2. The van der Waals surface area contributed by atoms with E-state index in [1.165, 1.54) is 36.1 Å². The van der Waals surface area contributed by atoms with E-state index in [1.54, 1.807) is 30.5 Å². The quantitative estimate of drug-likeness (QED) is 0.117. The van der Waals surface area contributed by atoms with Gasteiger partial charge < -0.3 is 5.32 Å². The Morgan fingerprint density at radius 1 is 0.694 bits per heavy atom. The summed E-state index contributed by atoms with van der Waals surface area (Å²) < 4.78 is 44.8. The molecule has 1 atom stereocenters. The second kappa shape index (κ2) is 15.3. The summed E-state index contributed by atoms with van der Waals surface area (Å²) in [7, 11) is -5.17. The van der Waals surface area contributed by atoms with Gasteiger partial charge in [0.15, 0.2) is 11.0 Å². The zero-order chi connectivity index (χ0) is 33.6. The van der Waals surface area contributed by atoms with E-state index in [-0.39, 0.29) is 4.90 Å². The van der Waals surface area contributed by atoms with Gasteiger partial charge in [0.1, 0.15) is 0 Å². The summed E-state index contributed by atoms with van der Waals surface area (Å²) in [6.07, 6.45) is 12.5. The van der Waals surface area contributed by atoms with E-state index in [2.05, 4.69) is 16.3 Å². The molecule has 0 amide bonds. The topological polar surface area (TPSA) is 76.3 Å². The molecule has 0 saturated heterocycles. The average Bonchev–Trinajstić information content (AvgIpc) is 3.71. The molecule has 1 N–H and O–H groups in total. The monoisotopic (exact) mass is 692 g/mol. The van der Waals surface area contributed by atoms with Crippen LogP contribution in [0.3, 0.4) is 0 Å². The number of unbranched alkanes of at least 4 members (excludes halogenated alkanes) is 1. The number of nitrogens with one attached hydrogen (secondary N) is 1. The summed E-state index contributed by atoms with van der Waals surface area (Å²) in [6.45, 7) is 3.07. The predicted molar refractivity (Wildman–Crippen MR) is 199 cm³/mol. The molecule has 0 bridgehead atoms. The van der Waals surface area contributed by atoms with Crippen LogP contribution in [0.1, 0.15) is 56.1 Å². The Morgan fingerprint density at radius 2 is 1.29 bits per heavy atom. The van der Waals surface area contributed by atoms with E-state index >= 15 is 0 Å². The van der Waals surface area contributed by atoms with Crippen LogP contribution >= 0.6 is 0 Å². The number of benzene rings is 4. The van der Waals surface area contributed by atoms with E-state index in [9.17, 15) is 12.6 Å². The Kier molecular flexibility index (Phi) is 10.4. The summed E-state index contributed by atoms with van der Waals surface area (Å²) in [5.74, 6) is 0. The van der Waals surface area contributed by atoms with Crippen LogP contribution in [0.4, 0.5) is 0 Å². The molecule has 1 saturated carbocycles. The van der Waals surface area contributed by atoms with Crippen LogP contribution in [0.5, 0.6) is 0 Å². The molecule has 6 aromatic rings. The number of fused-ring (bicyclic) bond motifs is 2.